The lowest BCUT2D eigenvalue weighted by Crippen LogP contribution is -2.51. The molecular formula is C15H19N3O2. The topological polar surface area (TPSA) is 75.1 Å². The predicted octanol–water partition coefficient (Wildman–Crippen LogP) is 2.41. The van der Waals surface area contributed by atoms with E-state index in [0.29, 0.717) is 11.9 Å². The van der Waals surface area contributed by atoms with E-state index in [1.165, 1.54) is 38.4 Å². The van der Waals surface area contributed by atoms with Gasteiger partial charge in [-0.15, -0.1) is 0 Å². The van der Waals surface area contributed by atoms with Gasteiger partial charge in [0, 0.05) is 12.1 Å². The van der Waals surface area contributed by atoms with Gasteiger partial charge < -0.3 is 10.4 Å². The molecule has 4 aliphatic carbocycles. The number of carboxylic acid groups (broad SMARTS) is 1. The number of aromatic nitrogens is 2. The maximum atomic E-state index is 11.0. The van der Waals surface area contributed by atoms with Gasteiger partial charge in [-0.3, -0.25) is 0 Å². The van der Waals surface area contributed by atoms with Gasteiger partial charge in [-0.2, -0.15) is 0 Å². The average Bonchev–Trinajstić information content (AvgIpc) is 2.42. The normalized spacial score (nSPS) is 37.9. The van der Waals surface area contributed by atoms with Crippen LogP contribution in [-0.2, 0) is 0 Å². The number of carboxylic acids is 1. The maximum Gasteiger partial charge on any atom is 0.354 e. The summed E-state index contributed by atoms with van der Waals surface area (Å²) in [5, 5.41) is 12.5. The Morgan fingerprint density at radius 2 is 1.75 bits per heavy atom. The van der Waals surface area contributed by atoms with Crippen molar-refractivity contribution in [2.24, 2.45) is 23.7 Å². The Morgan fingerprint density at radius 1 is 1.10 bits per heavy atom. The number of nitrogens with one attached hydrogen (secondary N) is 1. The summed E-state index contributed by atoms with van der Waals surface area (Å²) in [5.41, 5.74) is 0.0614. The molecule has 2 N–H and O–H groups in total. The molecule has 20 heavy (non-hydrogen) atoms. The lowest BCUT2D eigenvalue weighted by atomic mass is 9.54. The van der Waals surface area contributed by atoms with Crippen LogP contribution in [0.4, 0.5) is 5.82 Å². The van der Waals surface area contributed by atoms with Crippen LogP contribution in [0.15, 0.2) is 12.4 Å². The van der Waals surface area contributed by atoms with Crippen LogP contribution in [0.1, 0.15) is 42.6 Å². The Labute approximate surface area is 117 Å². The molecule has 4 bridgehead atoms. The minimum absolute atomic E-state index is 0.0614. The van der Waals surface area contributed by atoms with E-state index >= 15 is 0 Å². The van der Waals surface area contributed by atoms with Crippen LogP contribution >= 0.6 is 0 Å². The predicted molar refractivity (Wildman–Crippen MR) is 73.4 cm³/mol. The van der Waals surface area contributed by atoms with Gasteiger partial charge in [0.05, 0.1) is 0 Å². The molecule has 5 nitrogen and oxygen atoms in total. The molecule has 4 saturated carbocycles. The molecule has 0 saturated heterocycles. The van der Waals surface area contributed by atoms with Crippen molar-refractivity contribution in [3.63, 3.8) is 0 Å². The van der Waals surface area contributed by atoms with Crippen LogP contribution in [-0.4, -0.2) is 27.1 Å². The molecule has 5 heteroatoms. The molecule has 0 unspecified atom stereocenters. The summed E-state index contributed by atoms with van der Waals surface area (Å²) in [6, 6.07) is 2.02. The Balaban J connectivity index is 1.54. The number of nitrogens with zero attached hydrogens (tertiary/aromatic N) is 2. The van der Waals surface area contributed by atoms with Crippen LogP contribution in [0.5, 0.6) is 0 Å². The third kappa shape index (κ3) is 1.96. The fraction of sp³-hybridized carbons (Fsp3) is 0.667. The minimum Gasteiger partial charge on any atom is -0.477 e. The number of hydrogen-bond donors (Lipinski definition) is 2. The van der Waals surface area contributed by atoms with Crippen molar-refractivity contribution < 1.29 is 9.90 Å². The maximum absolute atomic E-state index is 11.0. The number of rotatable bonds is 3. The Hall–Kier alpha value is -1.65. The van der Waals surface area contributed by atoms with Crippen molar-refractivity contribution in [3.8, 4) is 0 Å². The Kier molecular flexibility index (Phi) is 2.69. The second kappa shape index (κ2) is 4.43. The lowest BCUT2D eigenvalue weighted by Gasteiger charge is -2.54. The summed E-state index contributed by atoms with van der Waals surface area (Å²) in [6.07, 6.45) is 8.12. The number of hydrogen-bond acceptors (Lipinski definition) is 4. The zero-order valence-electron chi connectivity index (χ0n) is 11.3. The van der Waals surface area contributed by atoms with Gasteiger partial charge in [0.25, 0.3) is 0 Å². The van der Waals surface area contributed by atoms with Gasteiger partial charge in [0.15, 0.2) is 5.69 Å². The second-order valence-corrected chi connectivity index (χ2v) is 6.69. The SMILES string of the molecule is O=C(O)c1cc(NC2C3CC4CC(C3)CC2C4)ncn1. The van der Waals surface area contributed by atoms with E-state index in [-0.39, 0.29) is 5.69 Å². The monoisotopic (exact) mass is 273 g/mol. The van der Waals surface area contributed by atoms with Crippen molar-refractivity contribution in [2.75, 3.05) is 5.32 Å². The molecule has 0 aromatic carbocycles. The van der Waals surface area contributed by atoms with Gasteiger partial charge in [0.1, 0.15) is 12.1 Å². The van der Waals surface area contributed by atoms with Crippen molar-refractivity contribution in [2.45, 2.75) is 38.1 Å². The van der Waals surface area contributed by atoms with Crippen molar-refractivity contribution in [1.29, 1.82) is 0 Å². The molecular weight excluding hydrogens is 254 g/mol. The molecule has 0 atom stereocenters. The summed E-state index contributed by atoms with van der Waals surface area (Å²) >= 11 is 0. The average molecular weight is 273 g/mol. The number of anilines is 1. The Morgan fingerprint density at radius 3 is 2.35 bits per heavy atom. The molecule has 4 fully saturated rings. The molecule has 0 radical (unpaired) electrons. The highest BCUT2D eigenvalue weighted by atomic mass is 16.4. The largest absolute Gasteiger partial charge is 0.477 e. The van der Waals surface area contributed by atoms with Crippen LogP contribution in [0.25, 0.3) is 0 Å². The van der Waals surface area contributed by atoms with Crippen LogP contribution < -0.4 is 5.32 Å². The number of aromatic carboxylic acids is 1. The zero-order chi connectivity index (χ0) is 13.7. The molecule has 1 aromatic heterocycles. The van der Waals surface area contributed by atoms with Crippen LogP contribution in [0.2, 0.25) is 0 Å². The smallest absolute Gasteiger partial charge is 0.354 e. The molecule has 1 aromatic rings. The van der Waals surface area contributed by atoms with Gasteiger partial charge >= 0.3 is 5.97 Å². The highest BCUT2D eigenvalue weighted by molar-refractivity contribution is 5.86. The second-order valence-electron chi connectivity index (χ2n) is 6.69. The lowest BCUT2D eigenvalue weighted by molar-refractivity contribution is 0.00741. The molecule has 0 aliphatic heterocycles. The van der Waals surface area contributed by atoms with Crippen LogP contribution in [0, 0.1) is 23.7 Å². The quantitative estimate of drug-likeness (QED) is 0.884. The highest BCUT2D eigenvalue weighted by Crippen LogP contribution is 2.54. The van der Waals surface area contributed by atoms with Crippen LogP contribution in [0.3, 0.4) is 0 Å². The van der Waals surface area contributed by atoms with Gasteiger partial charge in [0.2, 0.25) is 0 Å². The van der Waals surface area contributed by atoms with E-state index in [4.69, 9.17) is 5.11 Å². The fourth-order valence-electron chi connectivity index (χ4n) is 4.88. The molecule has 106 valence electrons. The zero-order valence-corrected chi connectivity index (χ0v) is 11.3. The molecule has 5 rings (SSSR count). The summed E-state index contributed by atoms with van der Waals surface area (Å²) in [7, 11) is 0. The fourth-order valence-corrected chi connectivity index (χ4v) is 4.88. The first kappa shape index (κ1) is 12.1. The third-order valence-electron chi connectivity index (χ3n) is 5.43. The first-order valence-electron chi connectivity index (χ1n) is 7.51. The minimum atomic E-state index is -1.000. The number of carbonyl (C=O) groups is 1. The molecule has 4 aliphatic rings. The Bertz CT molecular complexity index is 518. The van der Waals surface area contributed by atoms with E-state index in [1.807, 2.05) is 0 Å². The van der Waals surface area contributed by atoms with E-state index in [9.17, 15) is 4.79 Å². The van der Waals surface area contributed by atoms with Gasteiger partial charge in [-0.25, -0.2) is 14.8 Å². The van der Waals surface area contributed by atoms with Crippen molar-refractivity contribution in [1.82, 2.24) is 9.97 Å². The van der Waals surface area contributed by atoms with Crippen molar-refractivity contribution >= 4 is 11.8 Å². The first-order chi connectivity index (χ1) is 9.69. The third-order valence-corrected chi connectivity index (χ3v) is 5.43. The first-order valence-corrected chi connectivity index (χ1v) is 7.51. The van der Waals surface area contributed by atoms with E-state index in [1.54, 1.807) is 6.07 Å². The van der Waals surface area contributed by atoms with E-state index in [2.05, 4.69) is 15.3 Å². The molecule has 0 spiro atoms. The standard InChI is InChI=1S/C15H19N3O2/c19-15(20)12-6-13(17-7-16-12)18-14-10-2-8-1-9(4-10)5-11(14)3-8/h6-11,14H,1-5H2,(H,19,20)(H,16,17,18). The van der Waals surface area contributed by atoms with Crippen molar-refractivity contribution in [3.05, 3.63) is 18.1 Å². The van der Waals surface area contributed by atoms with E-state index in [0.717, 1.165) is 23.7 Å². The summed E-state index contributed by atoms with van der Waals surface area (Å²) in [4.78, 5) is 18.9. The summed E-state index contributed by atoms with van der Waals surface area (Å²) in [5.74, 6) is 3.03. The highest BCUT2D eigenvalue weighted by Gasteiger charge is 2.48. The summed E-state index contributed by atoms with van der Waals surface area (Å²) < 4.78 is 0. The van der Waals surface area contributed by atoms with Gasteiger partial charge in [-0.1, -0.05) is 0 Å². The molecule has 1 heterocycles. The van der Waals surface area contributed by atoms with E-state index < -0.39 is 5.97 Å². The summed E-state index contributed by atoms with van der Waals surface area (Å²) in [6.45, 7) is 0. The van der Waals surface area contributed by atoms with Gasteiger partial charge in [-0.05, 0) is 55.8 Å². The molecule has 0 amide bonds.